The fraction of sp³-hybridized carbons (Fsp3) is 0.188. The molecule has 0 aliphatic heterocycles. The van der Waals surface area contributed by atoms with Crippen LogP contribution in [-0.4, -0.2) is 25.3 Å². The molecule has 4 heteroatoms. The second-order valence-electron chi connectivity index (χ2n) is 4.24. The summed E-state index contributed by atoms with van der Waals surface area (Å²) in [7, 11) is 2.99. The Hall–Kier alpha value is -2.17. The van der Waals surface area contributed by atoms with Gasteiger partial charge in [0.25, 0.3) is 0 Å². The molecule has 0 spiro atoms. The second kappa shape index (κ2) is 5.86. The lowest BCUT2D eigenvalue weighted by atomic mass is 9.93. The molecule has 20 heavy (non-hydrogen) atoms. The first-order valence-corrected chi connectivity index (χ1v) is 6.14. The molecule has 2 rings (SSSR count). The Kier molecular flexibility index (Phi) is 4.17. The molecule has 0 aromatic heterocycles. The maximum atomic E-state index is 11.4. The van der Waals surface area contributed by atoms with Gasteiger partial charge in [0.05, 0.1) is 5.56 Å². The first-order chi connectivity index (χ1) is 9.65. The van der Waals surface area contributed by atoms with Crippen LogP contribution in [0.3, 0.4) is 0 Å². The number of benzene rings is 2. The van der Waals surface area contributed by atoms with Gasteiger partial charge in [-0.1, -0.05) is 48.5 Å². The summed E-state index contributed by atoms with van der Waals surface area (Å²) in [5, 5.41) is 9.36. The Morgan fingerprint density at radius 1 is 0.950 bits per heavy atom. The zero-order valence-electron chi connectivity index (χ0n) is 11.4. The van der Waals surface area contributed by atoms with E-state index in [9.17, 15) is 9.90 Å². The summed E-state index contributed by atoms with van der Waals surface area (Å²) < 4.78 is 11.1. The second-order valence-corrected chi connectivity index (χ2v) is 4.24. The number of ether oxygens (including phenoxy) is 2. The Balaban J connectivity index is 2.69. The minimum atomic E-state index is -1.24. The van der Waals surface area contributed by atoms with Crippen molar-refractivity contribution in [1.29, 1.82) is 0 Å². The van der Waals surface area contributed by atoms with Gasteiger partial charge in [0.15, 0.2) is 0 Å². The van der Waals surface area contributed by atoms with Crippen LogP contribution in [0.5, 0.6) is 0 Å². The van der Waals surface area contributed by atoms with Gasteiger partial charge in [0, 0.05) is 25.3 Å². The van der Waals surface area contributed by atoms with Crippen molar-refractivity contribution in [2.45, 2.75) is 5.79 Å². The fourth-order valence-electron chi connectivity index (χ4n) is 2.31. The molecule has 4 nitrogen and oxygen atoms in total. The van der Waals surface area contributed by atoms with Crippen LogP contribution in [0.2, 0.25) is 0 Å². The summed E-state index contributed by atoms with van der Waals surface area (Å²) in [6.45, 7) is 0. The van der Waals surface area contributed by atoms with Crippen LogP contribution in [0.4, 0.5) is 0 Å². The van der Waals surface area contributed by atoms with Crippen molar-refractivity contribution in [3.05, 3.63) is 71.3 Å². The van der Waals surface area contributed by atoms with Gasteiger partial charge in [-0.15, -0.1) is 0 Å². The van der Waals surface area contributed by atoms with Crippen LogP contribution in [0, 0.1) is 0 Å². The zero-order valence-corrected chi connectivity index (χ0v) is 11.4. The van der Waals surface area contributed by atoms with Crippen LogP contribution in [0.25, 0.3) is 0 Å². The minimum Gasteiger partial charge on any atom is -0.478 e. The van der Waals surface area contributed by atoms with Crippen LogP contribution >= 0.6 is 0 Å². The summed E-state index contributed by atoms with van der Waals surface area (Å²) in [4.78, 5) is 11.4. The molecule has 2 aromatic rings. The monoisotopic (exact) mass is 272 g/mol. The van der Waals surface area contributed by atoms with Crippen LogP contribution in [-0.2, 0) is 15.3 Å². The number of carbonyl (C=O) groups is 1. The van der Waals surface area contributed by atoms with Gasteiger partial charge >= 0.3 is 5.97 Å². The number of hydrogen-bond acceptors (Lipinski definition) is 3. The normalized spacial score (nSPS) is 11.3. The molecule has 0 radical (unpaired) electrons. The van der Waals surface area contributed by atoms with Gasteiger partial charge < -0.3 is 14.6 Å². The predicted molar refractivity (Wildman–Crippen MR) is 74.6 cm³/mol. The molecule has 0 aliphatic carbocycles. The van der Waals surface area contributed by atoms with Crippen molar-refractivity contribution in [2.24, 2.45) is 0 Å². The molecule has 0 aliphatic rings. The largest absolute Gasteiger partial charge is 0.478 e. The Bertz CT molecular complexity index is 588. The molecule has 0 atom stereocenters. The summed E-state index contributed by atoms with van der Waals surface area (Å²) >= 11 is 0. The number of rotatable bonds is 5. The first-order valence-electron chi connectivity index (χ1n) is 6.14. The van der Waals surface area contributed by atoms with Crippen molar-refractivity contribution in [2.75, 3.05) is 14.2 Å². The predicted octanol–water partition coefficient (Wildman–Crippen LogP) is 2.88. The van der Waals surface area contributed by atoms with E-state index < -0.39 is 11.8 Å². The minimum absolute atomic E-state index is 0.153. The summed E-state index contributed by atoms with van der Waals surface area (Å²) in [6.07, 6.45) is 0. The van der Waals surface area contributed by atoms with Crippen molar-refractivity contribution in [1.82, 2.24) is 0 Å². The molecule has 0 saturated heterocycles. The Morgan fingerprint density at radius 3 is 2.05 bits per heavy atom. The molecule has 0 fully saturated rings. The zero-order chi connectivity index (χ0) is 14.6. The van der Waals surface area contributed by atoms with E-state index in [1.165, 1.54) is 20.3 Å². The number of aromatic carboxylic acids is 1. The summed E-state index contributed by atoms with van der Waals surface area (Å²) in [6, 6.07) is 15.9. The highest BCUT2D eigenvalue weighted by atomic mass is 16.7. The molecule has 0 bridgehead atoms. The molecule has 0 amide bonds. The van der Waals surface area contributed by atoms with Gasteiger partial charge in [0.2, 0.25) is 5.79 Å². The van der Waals surface area contributed by atoms with E-state index in [2.05, 4.69) is 0 Å². The third-order valence-electron chi connectivity index (χ3n) is 3.24. The third-order valence-corrected chi connectivity index (χ3v) is 3.24. The highest BCUT2D eigenvalue weighted by molar-refractivity contribution is 5.89. The standard InChI is InChI=1S/C16H16O4/c1-19-16(20-2,12-8-4-3-5-9-12)14-11-7-6-10-13(14)15(17)18/h3-11H,1-2H3,(H,17,18). The van der Waals surface area contributed by atoms with E-state index in [-0.39, 0.29) is 5.56 Å². The molecule has 0 unspecified atom stereocenters. The maximum Gasteiger partial charge on any atom is 0.336 e. The smallest absolute Gasteiger partial charge is 0.336 e. The topological polar surface area (TPSA) is 55.8 Å². The molecule has 2 aromatic carbocycles. The van der Waals surface area contributed by atoms with E-state index in [1.54, 1.807) is 18.2 Å². The van der Waals surface area contributed by atoms with Crippen LogP contribution in [0.15, 0.2) is 54.6 Å². The summed E-state index contributed by atoms with van der Waals surface area (Å²) in [5.41, 5.74) is 1.35. The van der Waals surface area contributed by atoms with Crippen molar-refractivity contribution < 1.29 is 19.4 Å². The van der Waals surface area contributed by atoms with Crippen molar-refractivity contribution in [3.8, 4) is 0 Å². The van der Waals surface area contributed by atoms with Crippen molar-refractivity contribution >= 4 is 5.97 Å². The average Bonchev–Trinajstić information content (AvgIpc) is 2.50. The molecule has 0 saturated carbocycles. The number of hydrogen-bond donors (Lipinski definition) is 1. The van der Waals surface area contributed by atoms with Gasteiger partial charge in [-0.3, -0.25) is 0 Å². The quantitative estimate of drug-likeness (QED) is 0.850. The highest BCUT2D eigenvalue weighted by Crippen LogP contribution is 2.35. The molecular formula is C16H16O4. The van der Waals surface area contributed by atoms with Crippen molar-refractivity contribution in [3.63, 3.8) is 0 Å². The van der Waals surface area contributed by atoms with Gasteiger partial charge in [0.1, 0.15) is 0 Å². The fourth-order valence-corrected chi connectivity index (χ4v) is 2.31. The molecule has 1 N–H and O–H groups in total. The van der Waals surface area contributed by atoms with E-state index in [4.69, 9.17) is 9.47 Å². The number of carboxylic acids is 1. The molecule has 0 heterocycles. The Labute approximate surface area is 117 Å². The first kappa shape index (κ1) is 14.2. The average molecular weight is 272 g/mol. The van der Waals surface area contributed by atoms with E-state index in [1.807, 2.05) is 30.3 Å². The third kappa shape index (κ3) is 2.31. The number of carboxylic acid groups (broad SMARTS) is 1. The van der Waals surface area contributed by atoms with Gasteiger partial charge in [-0.05, 0) is 6.07 Å². The molecular weight excluding hydrogens is 256 g/mol. The Morgan fingerprint density at radius 2 is 1.50 bits per heavy atom. The van der Waals surface area contributed by atoms with Crippen LogP contribution in [0.1, 0.15) is 21.5 Å². The lowest BCUT2D eigenvalue weighted by Crippen LogP contribution is -2.34. The van der Waals surface area contributed by atoms with E-state index in [0.717, 1.165) is 5.56 Å². The highest BCUT2D eigenvalue weighted by Gasteiger charge is 2.37. The van der Waals surface area contributed by atoms with Gasteiger partial charge in [-0.2, -0.15) is 0 Å². The van der Waals surface area contributed by atoms with E-state index >= 15 is 0 Å². The lowest BCUT2D eigenvalue weighted by Gasteiger charge is -2.32. The van der Waals surface area contributed by atoms with Crippen LogP contribution < -0.4 is 0 Å². The number of methoxy groups -OCH3 is 2. The van der Waals surface area contributed by atoms with Gasteiger partial charge in [-0.25, -0.2) is 4.79 Å². The van der Waals surface area contributed by atoms with E-state index in [0.29, 0.717) is 5.56 Å². The SMILES string of the molecule is COC(OC)(c1ccccc1)c1ccccc1C(=O)O. The summed E-state index contributed by atoms with van der Waals surface area (Å²) in [5.74, 6) is -2.26. The maximum absolute atomic E-state index is 11.4. The molecule has 104 valence electrons. The lowest BCUT2D eigenvalue weighted by molar-refractivity contribution is -0.184.